The molecule has 0 saturated heterocycles. The number of benzene rings is 1. The second kappa shape index (κ2) is 23.4. The summed E-state index contributed by atoms with van der Waals surface area (Å²) in [5, 5.41) is 11.9. The minimum atomic E-state index is -0.833. The van der Waals surface area contributed by atoms with Gasteiger partial charge in [0.15, 0.2) is 5.52 Å². The van der Waals surface area contributed by atoms with Crippen LogP contribution < -0.4 is 4.74 Å². The molecule has 7 nitrogen and oxygen atoms in total. The largest absolute Gasteiger partial charge is 0.481 e. The first-order valence-electron chi connectivity index (χ1n) is 16.3. The van der Waals surface area contributed by atoms with E-state index in [0.717, 1.165) is 48.8 Å². The van der Waals surface area contributed by atoms with Crippen molar-refractivity contribution >= 4 is 45.4 Å². The van der Waals surface area contributed by atoms with E-state index < -0.39 is 5.97 Å². The third kappa shape index (κ3) is 16.8. The van der Waals surface area contributed by atoms with Crippen LogP contribution >= 0.6 is 22.6 Å². The van der Waals surface area contributed by atoms with Crippen LogP contribution in [0.3, 0.4) is 0 Å². The highest BCUT2D eigenvalue weighted by Crippen LogP contribution is 2.42. The molecule has 1 atom stereocenters. The number of carboxylic acids is 1. The molecule has 45 heavy (non-hydrogen) atoms. The van der Waals surface area contributed by atoms with Crippen molar-refractivity contribution in [3.8, 4) is 17.7 Å². The Hall–Kier alpha value is -2.93. The average Bonchev–Trinajstić information content (AvgIpc) is 3.79. The Bertz CT molecular complexity index is 1380. The van der Waals surface area contributed by atoms with E-state index in [9.17, 15) is 4.79 Å². The van der Waals surface area contributed by atoms with Gasteiger partial charge >= 0.3 is 0 Å². The Morgan fingerprint density at radius 1 is 1.09 bits per heavy atom. The highest BCUT2D eigenvalue weighted by atomic mass is 127. The average molecular weight is 734 g/mol. The number of aromatic nitrogens is 3. The van der Waals surface area contributed by atoms with E-state index in [4.69, 9.17) is 14.6 Å². The lowest BCUT2D eigenvalue weighted by atomic mass is 10.0. The maximum absolute atomic E-state index is 10.5. The highest BCUT2D eigenvalue weighted by Gasteiger charge is 2.25. The number of Topliss-reactive ketones (excluding diaryl/α,β-unsaturated/α-hetero) is 1. The van der Waals surface area contributed by atoms with E-state index in [2.05, 4.69) is 84.3 Å². The zero-order chi connectivity index (χ0) is 34.5. The molecule has 3 aromatic rings. The second-order valence-corrected chi connectivity index (χ2v) is 12.0. The minimum Gasteiger partial charge on any atom is -0.481 e. The van der Waals surface area contributed by atoms with Gasteiger partial charge in [-0.25, -0.2) is 4.98 Å². The lowest BCUT2D eigenvalue weighted by Crippen LogP contribution is -2.15. The lowest BCUT2D eigenvalue weighted by molar-refractivity contribution is -0.134. The molecule has 0 aliphatic heterocycles. The summed E-state index contributed by atoms with van der Waals surface area (Å²) in [5.41, 5.74) is 7.37. The lowest BCUT2D eigenvalue weighted by Gasteiger charge is -2.15. The molecule has 0 spiro atoms. The molecule has 2 aromatic heterocycles. The van der Waals surface area contributed by atoms with Gasteiger partial charge in [-0.1, -0.05) is 59.4 Å². The van der Waals surface area contributed by atoms with Gasteiger partial charge in [-0.3, -0.25) is 14.3 Å². The fourth-order valence-electron chi connectivity index (χ4n) is 4.33. The van der Waals surface area contributed by atoms with Crippen LogP contribution in [0.4, 0.5) is 0 Å². The van der Waals surface area contributed by atoms with Gasteiger partial charge in [0.2, 0.25) is 5.78 Å². The Labute approximate surface area is 286 Å². The topological polar surface area (TPSA) is 94.3 Å². The third-order valence-electron chi connectivity index (χ3n) is 6.72. The fraction of sp³-hybridized carbons (Fsp3) is 0.568. The van der Waals surface area contributed by atoms with Crippen molar-refractivity contribution in [3.05, 3.63) is 50.2 Å². The second-order valence-electron chi connectivity index (χ2n) is 10.8. The molecule has 1 fully saturated rings. The Balaban J connectivity index is 0.000000637. The normalized spacial score (nSPS) is 11.8. The Morgan fingerprint density at radius 3 is 2.22 bits per heavy atom. The molecular formula is C37H56IN3O4. The molecule has 0 bridgehead atoms. The zero-order valence-electron chi connectivity index (χ0n) is 29.5. The fourth-order valence-corrected chi connectivity index (χ4v) is 4.82. The summed E-state index contributed by atoms with van der Waals surface area (Å²) in [6, 6.07) is 8.73. The quantitative estimate of drug-likeness (QED) is 0.134. The summed E-state index contributed by atoms with van der Waals surface area (Å²) >= 11 is 2.43. The molecule has 1 aliphatic rings. The van der Waals surface area contributed by atoms with E-state index in [1.807, 2.05) is 51.6 Å². The maximum Gasteiger partial charge on any atom is 0.300 e. The van der Waals surface area contributed by atoms with E-state index in [1.54, 1.807) is 12.5 Å². The van der Waals surface area contributed by atoms with Gasteiger partial charge in [0.25, 0.3) is 11.8 Å². The number of rotatable bonds is 9. The van der Waals surface area contributed by atoms with Crippen LogP contribution in [0.25, 0.3) is 11.0 Å². The van der Waals surface area contributed by atoms with Crippen LogP contribution in [0.5, 0.6) is 5.88 Å². The number of hydrogen-bond acceptors (Lipinski definition) is 5. The number of aryl methyl sites for hydroxylation is 4. The smallest absolute Gasteiger partial charge is 0.300 e. The molecular weight excluding hydrogens is 677 g/mol. The van der Waals surface area contributed by atoms with Gasteiger partial charge in [0.1, 0.15) is 6.10 Å². The number of ketones is 1. The van der Waals surface area contributed by atoms with Gasteiger partial charge in [0.05, 0.1) is 5.52 Å². The van der Waals surface area contributed by atoms with Gasteiger partial charge in [-0.2, -0.15) is 0 Å². The van der Waals surface area contributed by atoms with Gasteiger partial charge in [-0.15, -0.1) is 5.10 Å². The minimum absolute atomic E-state index is 0.0509. The number of pyridine rings is 1. The maximum atomic E-state index is 10.5. The molecule has 2 heterocycles. The van der Waals surface area contributed by atoms with E-state index in [1.165, 1.54) is 40.4 Å². The Kier molecular flexibility index (Phi) is 21.9. The number of carboxylic acid groups (broad SMARTS) is 1. The Morgan fingerprint density at radius 2 is 1.71 bits per heavy atom. The summed E-state index contributed by atoms with van der Waals surface area (Å²) in [4.78, 5) is 24.0. The van der Waals surface area contributed by atoms with Crippen LogP contribution in [-0.4, -0.2) is 37.7 Å². The monoisotopic (exact) mass is 733 g/mol. The number of carbonyl (C=O) groups excluding carboxylic acids is 1. The van der Waals surface area contributed by atoms with Crippen molar-refractivity contribution in [2.45, 2.75) is 133 Å². The van der Waals surface area contributed by atoms with Crippen LogP contribution in [-0.2, 0) is 16.6 Å². The summed E-state index contributed by atoms with van der Waals surface area (Å²) in [6.45, 7) is 19.5. The van der Waals surface area contributed by atoms with Crippen LogP contribution in [0.2, 0.25) is 0 Å². The molecule has 1 saturated carbocycles. The van der Waals surface area contributed by atoms with Gasteiger partial charge in [-0.05, 0) is 129 Å². The molecule has 0 amide bonds. The van der Waals surface area contributed by atoms with Crippen LogP contribution in [0.15, 0.2) is 24.3 Å². The predicted octanol–water partition coefficient (Wildman–Crippen LogP) is 9.91. The van der Waals surface area contributed by atoms with Crippen molar-refractivity contribution in [1.29, 1.82) is 0 Å². The molecule has 1 aliphatic carbocycles. The van der Waals surface area contributed by atoms with Crippen molar-refractivity contribution in [2.24, 2.45) is 7.05 Å². The number of nitrogens with zero attached hydrogens (tertiary/aromatic N) is 3. The first-order valence-corrected chi connectivity index (χ1v) is 17.3. The molecule has 0 radical (unpaired) electrons. The number of carbonyl (C=O) groups is 2. The number of unbranched alkanes of at least 4 members (excludes halogenated alkanes) is 1. The molecule has 0 unspecified atom stereocenters. The highest BCUT2D eigenvalue weighted by molar-refractivity contribution is 14.1. The summed E-state index contributed by atoms with van der Waals surface area (Å²) in [7, 11) is 1.93. The van der Waals surface area contributed by atoms with Crippen molar-refractivity contribution in [2.75, 3.05) is 0 Å². The zero-order valence-corrected chi connectivity index (χ0v) is 31.7. The first kappa shape index (κ1) is 42.1. The molecule has 4 rings (SSSR count). The number of hydrogen-bond donors (Lipinski definition) is 1. The van der Waals surface area contributed by atoms with Crippen molar-refractivity contribution in [3.63, 3.8) is 0 Å². The third-order valence-corrected chi connectivity index (χ3v) is 7.89. The molecule has 250 valence electrons. The number of ether oxygens (including phenoxy) is 1. The molecule has 8 heteroatoms. The molecule has 1 N–H and O–H groups in total. The van der Waals surface area contributed by atoms with Crippen LogP contribution in [0.1, 0.15) is 128 Å². The SMILES string of the molecule is CC.CC#CC(=O)CCC.CC(=O)O.CCCC[C@@H](CC)Oc1nn(C)c2ccc(C)nc12.Cc1cc(C)c(C2CC2)cc1I. The number of aliphatic carboxylic acids is 1. The number of fused-ring (bicyclic) bond motifs is 1. The first-order chi connectivity index (χ1) is 21.4. The van der Waals surface area contributed by atoms with Gasteiger partial charge < -0.3 is 9.84 Å². The van der Waals surface area contributed by atoms with Crippen molar-refractivity contribution < 1.29 is 19.4 Å². The van der Waals surface area contributed by atoms with Crippen molar-refractivity contribution in [1.82, 2.24) is 14.8 Å². The summed E-state index contributed by atoms with van der Waals surface area (Å²) in [5.74, 6) is 5.79. The predicted molar refractivity (Wildman–Crippen MR) is 196 cm³/mol. The summed E-state index contributed by atoms with van der Waals surface area (Å²) < 4.78 is 9.31. The van der Waals surface area contributed by atoms with Crippen LogP contribution in [0, 0.1) is 36.2 Å². The summed E-state index contributed by atoms with van der Waals surface area (Å²) in [6.07, 6.45) is 9.01. The van der Waals surface area contributed by atoms with E-state index in [0.29, 0.717) is 12.3 Å². The van der Waals surface area contributed by atoms with E-state index in [-0.39, 0.29) is 11.9 Å². The van der Waals surface area contributed by atoms with E-state index >= 15 is 0 Å². The standard InChI is InChI=1S/C15H23N3O.C11H13I.C7H10O.C2H4O2.C2H6/c1-5-7-8-12(6-2)19-15-14-13(18(4)17-15)10-9-11(3)16-14;1-7-5-8(2)11(12)6-10(7)9-3-4-9;1-3-5-7(8)6-4-2;1-2(3)4;1-2/h9-10,12H,5-8H2,1-4H3;5-6,9H,3-4H2,1-2H3;3,5H2,1-2H3;1H3,(H,3,4);1-2H3/t12-;;;;/m1..../s1. The molecule has 1 aromatic carbocycles. The number of halogens is 1. The van der Waals surface area contributed by atoms with Gasteiger partial charge in [0, 0.05) is 29.7 Å².